The van der Waals surface area contributed by atoms with Gasteiger partial charge < -0.3 is 4.90 Å². The van der Waals surface area contributed by atoms with Gasteiger partial charge in [0.25, 0.3) is 0 Å². The van der Waals surface area contributed by atoms with Crippen LogP contribution in [0.5, 0.6) is 0 Å². The molecular formula is C49H57N3S. The van der Waals surface area contributed by atoms with E-state index in [0.717, 1.165) is 5.82 Å². The summed E-state index contributed by atoms with van der Waals surface area (Å²) in [6.45, 7) is 26.5. The number of hydrogen-bond acceptors (Lipinski definition) is 3. The normalized spacial score (nSPS) is 21.8. The molecule has 9 rings (SSSR count). The minimum Gasteiger partial charge on any atom is -0.308 e. The van der Waals surface area contributed by atoms with Crippen LogP contribution in [0.3, 0.4) is 0 Å². The van der Waals surface area contributed by atoms with Gasteiger partial charge in [-0.3, -0.25) is 4.90 Å². The number of rotatable bonds is 2. The minimum atomic E-state index is -0.887. The summed E-state index contributed by atoms with van der Waals surface area (Å²) in [7, 11) is -0.887. The predicted molar refractivity (Wildman–Crippen MR) is 227 cm³/mol. The zero-order chi connectivity index (χ0) is 37.5. The van der Waals surface area contributed by atoms with E-state index >= 15 is 0 Å². The van der Waals surface area contributed by atoms with Crippen LogP contribution in [0.15, 0.2) is 106 Å². The third-order valence-electron chi connectivity index (χ3n) is 13.4. The molecule has 1 unspecified atom stereocenters. The van der Waals surface area contributed by atoms with E-state index in [4.69, 9.17) is 4.98 Å². The van der Waals surface area contributed by atoms with E-state index in [0.29, 0.717) is 0 Å². The molecule has 274 valence electrons. The van der Waals surface area contributed by atoms with E-state index in [9.17, 15) is 0 Å². The first-order valence-corrected chi connectivity index (χ1v) is 21.2. The molecule has 0 N–H and O–H groups in total. The number of para-hydroxylation sites is 1. The van der Waals surface area contributed by atoms with Crippen molar-refractivity contribution in [1.29, 1.82) is 0 Å². The van der Waals surface area contributed by atoms with Crippen LogP contribution in [-0.2, 0) is 27.1 Å². The van der Waals surface area contributed by atoms with Crippen LogP contribution < -0.4 is 9.80 Å². The second kappa shape index (κ2) is 11.3. The molecule has 0 amide bonds. The van der Waals surface area contributed by atoms with E-state index < -0.39 is 10.9 Å². The average Bonchev–Trinajstić information content (AvgIpc) is 3.11. The van der Waals surface area contributed by atoms with Crippen molar-refractivity contribution in [2.45, 2.75) is 144 Å². The first-order valence-electron chi connectivity index (χ1n) is 19.8. The molecule has 0 saturated carbocycles. The third-order valence-corrected chi connectivity index (χ3v) is 16.0. The number of pyridine rings is 1. The molecule has 1 aromatic heterocycles. The Morgan fingerprint density at radius 3 is 1.74 bits per heavy atom. The third kappa shape index (κ3) is 5.18. The van der Waals surface area contributed by atoms with Gasteiger partial charge in [-0.2, -0.15) is 10.9 Å². The quantitative estimate of drug-likeness (QED) is 0.180. The Morgan fingerprint density at radius 1 is 0.528 bits per heavy atom. The second-order valence-electron chi connectivity index (χ2n) is 19.9. The number of anilines is 6. The van der Waals surface area contributed by atoms with Crippen molar-refractivity contribution in [2.24, 2.45) is 0 Å². The smallest absolute Gasteiger partial charge is 0.152 e. The van der Waals surface area contributed by atoms with Crippen LogP contribution in [-0.4, -0.2) is 4.98 Å². The van der Waals surface area contributed by atoms with Crippen molar-refractivity contribution < 1.29 is 0 Å². The number of nitrogens with zero attached hydrogens (tertiary/aromatic N) is 3. The van der Waals surface area contributed by atoms with E-state index in [1.54, 1.807) is 0 Å². The molecule has 4 heteroatoms. The molecule has 0 radical (unpaired) electrons. The van der Waals surface area contributed by atoms with Gasteiger partial charge in [-0.25, -0.2) is 4.98 Å². The molecule has 4 aromatic carbocycles. The molecule has 5 aromatic rings. The summed E-state index contributed by atoms with van der Waals surface area (Å²) >= 11 is 0. The summed E-state index contributed by atoms with van der Waals surface area (Å²) in [5.41, 5.74) is 14.1. The number of aromatic nitrogens is 1. The summed E-state index contributed by atoms with van der Waals surface area (Å²) in [6, 6.07) is 33.4. The molecule has 0 spiro atoms. The van der Waals surface area contributed by atoms with Crippen molar-refractivity contribution in [3.05, 3.63) is 119 Å². The minimum absolute atomic E-state index is 0.0901. The number of fused-ring (bicyclic) bond motifs is 6. The predicted octanol–water partition coefficient (Wildman–Crippen LogP) is 14.1. The Kier molecular flexibility index (Phi) is 7.38. The highest BCUT2D eigenvalue weighted by atomic mass is 32.2. The maximum Gasteiger partial charge on any atom is 0.152 e. The molecular weight excluding hydrogens is 663 g/mol. The summed E-state index contributed by atoms with van der Waals surface area (Å²) < 4.78 is 0. The highest BCUT2D eigenvalue weighted by molar-refractivity contribution is 8.17. The van der Waals surface area contributed by atoms with Crippen molar-refractivity contribution >= 4 is 45.1 Å². The molecule has 4 aliphatic rings. The van der Waals surface area contributed by atoms with E-state index in [-0.39, 0.29) is 27.1 Å². The molecule has 0 saturated heterocycles. The topological polar surface area (TPSA) is 19.4 Å². The van der Waals surface area contributed by atoms with Crippen LogP contribution in [0, 0.1) is 0 Å². The SMILES string of the molecule is CC(C)(C)c1ccc(N2c3ccccc3[SH]3c4cc5c(cc4N(c4ccc6c(c4)C(C)(C)CCC6(C)C)c4nccc2c43)C(C)(C)CCC5(C)C)cc1. The summed E-state index contributed by atoms with van der Waals surface area (Å²) in [6.07, 6.45) is 6.84. The largest absolute Gasteiger partial charge is 0.308 e. The van der Waals surface area contributed by atoms with Gasteiger partial charge in [0.2, 0.25) is 0 Å². The lowest BCUT2D eigenvalue weighted by atomic mass is 9.63. The fraction of sp³-hybridized carbons (Fsp3) is 0.408. The average molecular weight is 720 g/mol. The standard InChI is InChI=1S/C49H57N3S/c1-45(2,3)31-16-18-32(19-17-31)51-38-14-12-13-15-41(38)53-42-30-37-36(48(8,9)25-26-49(37,10)11)29-40(42)52(44-43(53)39(51)22-27-50-44)33-20-21-34-35(28-33)47(6,7)24-23-46(34,4)5/h12-22,27-30,53H,23-26H2,1-11H3. The fourth-order valence-corrected chi connectivity index (χ4v) is 12.6. The highest BCUT2D eigenvalue weighted by Gasteiger charge is 2.45. The lowest BCUT2D eigenvalue weighted by molar-refractivity contribution is 0.331. The van der Waals surface area contributed by atoms with Crippen LogP contribution in [0.2, 0.25) is 0 Å². The second-order valence-corrected chi connectivity index (χ2v) is 22.0. The van der Waals surface area contributed by atoms with Crippen molar-refractivity contribution in [1.82, 2.24) is 4.98 Å². The molecule has 2 aliphatic heterocycles. The molecule has 53 heavy (non-hydrogen) atoms. The number of hydrogen-bond donors (Lipinski definition) is 1. The fourth-order valence-electron chi connectivity index (χ4n) is 9.76. The zero-order valence-corrected chi connectivity index (χ0v) is 34.7. The lowest BCUT2D eigenvalue weighted by Gasteiger charge is -2.48. The Morgan fingerprint density at radius 2 is 1.09 bits per heavy atom. The lowest BCUT2D eigenvalue weighted by Crippen LogP contribution is -2.35. The van der Waals surface area contributed by atoms with Crippen LogP contribution in [0.4, 0.5) is 34.3 Å². The Labute approximate surface area is 321 Å². The van der Waals surface area contributed by atoms with Gasteiger partial charge in [0, 0.05) is 27.4 Å². The van der Waals surface area contributed by atoms with Gasteiger partial charge in [-0.1, -0.05) is 106 Å². The Hall–Kier alpha value is -4.02. The van der Waals surface area contributed by atoms with Crippen molar-refractivity contribution in [2.75, 3.05) is 9.80 Å². The molecule has 3 heterocycles. The molecule has 3 nitrogen and oxygen atoms in total. The van der Waals surface area contributed by atoms with Gasteiger partial charge in [0.05, 0.1) is 22.0 Å². The van der Waals surface area contributed by atoms with Gasteiger partial charge in [0.15, 0.2) is 5.82 Å². The van der Waals surface area contributed by atoms with E-state index in [1.807, 2.05) is 0 Å². The van der Waals surface area contributed by atoms with Gasteiger partial charge in [-0.15, -0.1) is 0 Å². The summed E-state index contributed by atoms with van der Waals surface area (Å²) in [5.74, 6) is 1.08. The molecule has 0 bridgehead atoms. The number of benzene rings is 4. The van der Waals surface area contributed by atoms with Gasteiger partial charge >= 0.3 is 0 Å². The molecule has 1 atom stereocenters. The van der Waals surface area contributed by atoms with E-state index in [1.165, 1.54) is 96.6 Å². The van der Waals surface area contributed by atoms with Crippen molar-refractivity contribution in [3.63, 3.8) is 0 Å². The van der Waals surface area contributed by atoms with Gasteiger partial charge in [-0.05, 0) is 135 Å². The van der Waals surface area contributed by atoms with Crippen molar-refractivity contribution in [3.8, 4) is 0 Å². The van der Waals surface area contributed by atoms with Crippen LogP contribution in [0.1, 0.15) is 130 Å². The summed E-state index contributed by atoms with van der Waals surface area (Å²) in [5, 5.41) is 0. The first kappa shape index (κ1) is 34.7. The molecule has 2 aliphatic carbocycles. The molecule has 0 fully saturated rings. The summed E-state index contributed by atoms with van der Waals surface area (Å²) in [4.78, 5) is 14.7. The first-order chi connectivity index (χ1) is 24.9. The zero-order valence-electron chi connectivity index (χ0n) is 33.8. The number of thiol groups is 1. The van der Waals surface area contributed by atoms with Crippen LogP contribution in [0.25, 0.3) is 0 Å². The Balaban J connectivity index is 1.35. The highest BCUT2D eigenvalue weighted by Crippen LogP contribution is 2.71. The Bertz CT molecular complexity index is 2300. The maximum absolute atomic E-state index is 5.39. The van der Waals surface area contributed by atoms with E-state index in [2.05, 4.69) is 177 Å². The monoisotopic (exact) mass is 719 g/mol. The maximum atomic E-state index is 5.39. The van der Waals surface area contributed by atoms with Gasteiger partial charge in [0.1, 0.15) is 0 Å². The van der Waals surface area contributed by atoms with Crippen LogP contribution >= 0.6 is 10.9 Å².